The van der Waals surface area contributed by atoms with Gasteiger partial charge in [0.1, 0.15) is 17.6 Å². The van der Waals surface area contributed by atoms with Crippen LogP contribution >= 0.6 is 11.8 Å². The van der Waals surface area contributed by atoms with Gasteiger partial charge < -0.3 is 5.32 Å². The molecule has 1 fully saturated rings. The molecular weight excluding hydrogens is 206 g/mol. The number of pyridine rings is 1. The summed E-state index contributed by atoms with van der Waals surface area (Å²) in [6.07, 6.45) is 4.70. The van der Waals surface area contributed by atoms with Crippen molar-refractivity contribution in [2.45, 2.75) is 17.6 Å². The number of nitrogens with one attached hydrogen (secondary N) is 1. The molecule has 0 aromatic carbocycles. The first-order valence-electron chi connectivity index (χ1n) is 4.94. The maximum Gasteiger partial charge on any atom is 0.142 e. The summed E-state index contributed by atoms with van der Waals surface area (Å²) in [5.74, 6) is 0.800. The lowest BCUT2D eigenvalue weighted by atomic mass is 10.3. The molecule has 0 amide bonds. The Morgan fingerprint density at radius 3 is 3.00 bits per heavy atom. The molecule has 0 bridgehead atoms. The van der Waals surface area contributed by atoms with Gasteiger partial charge in [0, 0.05) is 11.3 Å². The zero-order valence-electron chi connectivity index (χ0n) is 8.66. The zero-order chi connectivity index (χ0) is 10.7. The monoisotopic (exact) mass is 219 g/mol. The van der Waals surface area contributed by atoms with Gasteiger partial charge in [-0.3, -0.25) is 0 Å². The normalized spacial score (nSPS) is 16.8. The summed E-state index contributed by atoms with van der Waals surface area (Å²) in [4.78, 5) is 4.17. The topological polar surface area (TPSA) is 48.7 Å². The molecule has 3 nitrogen and oxygen atoms in total. The van der Waals surface area contributed by atoms with Crippen LogP contribution in [0.25, 0.3) is 0 Å². The second-order valence-corrected chi connectivity index (χ2v) is 5.03. The van der Waals surface area contributed by atoms with Crippen molar-refractivity contribution < 1.29 is 0 Å². The van der Waals surface area contributed by atoms with Crippen molar-refractivity contribution >= 4 is 17.6 Å². The molecule has 15 heavy (non-hydrogen) atoms. The lowest BCUT2D eigenvalue weighted by Crippen LogP contribution is -2.18. The van der Waals surface area contributed by atoms with Crippen molar-refractivity contribution in [1.82, 2.24) is 4.98 Å². The number of thioether (sulfide) groups is 1. The second kappa shape index (κ2) is 4.11. The number of anilines is 1. The van der Waals surface area contributed by atoms with Crippen LogP contribution in [0, 0.1) is 11.3 Å². The van der Waals surface area contributed by atoms with E-state index in [0.717, 1.165) is 12.4 Å². The van der Waals surface area contributed by atoms with E-state index in [1.807, 2.05) is 30.0 Å². The number of aromatic nitrogens is 1. The molecule has 2 rings (SSSR count). The molecule has 1 aliphatic rings. The fourth-order valence-corrected chi connectivity index (χ4v) is 2.17. The average Bonchev–Trinajstić information content (AvgIpc) is 3.07. The van der Waals surface area contributed by atoms with Crippen LogP contribution < -0.4 is 5.32 Å². The maximum atomic E-state index is 8.70. The van der Waals surface area contributed by atoms with Crippen LogP contribution in [0.5, 0.6) is 0 Å². The summed E-state index contributed by atoms with van der Waals surface area (Å²) >= 11 is 1.91. The molecule has 1 aromatic heterocycles. The number of rotatable bonds is 4. The van der Waals surface area contributed by atoms with E-state index in [1.54, 1.807) is 6.07 Å². The third kappa shape index (κ3) is 2.42. The van der Waals surface area contributed by atoms with Crippen molar-refractivity contribution in [2.24, 2.45) is 0 Å². The molecule has 4 heteroatoms. The SMILES string of the molecule is CSC1(CNc2cccc(C#N)n2)CC1. The lowest BCUT2D eigenvalue weighted by Gasteiger charge is -2.13. The Morgan fingerprint density at radius 2 is 2.40 bits per heavy atom. The molecular formula is C11H13N3S. The summed E-state index contributed by atoms with van der Waals surface area (Å²) in [5, 5.41) is 12.0. The minimum Gasteiger partial charge on any atom is -0.369 e. The van der Waals surface area contributed by atoms with E-state index in [1.165, 1.54) is 12.8 Å². The summed E-state index contributed by atoms with van der Waals surface area (Å²) < 4.78 is 0.421. The summed E-state index contributed by atoms with van der Waals surface area (Å²) in [6.45, 7) is 0.941. The first-order chi connectivity index (χ1) is 7.28. The molecule has 1 saturated carbocycles. The molecule has 0 saturated heterocycles. The van der Waals surface area contributed by atoms with E-state index in [9.17, 15) is 0 Å². The van der Waals surface area contributed by atoms with Crippen LogP contribution in [0.3, 0.4) is 0 Å². The Kier molecular flexibility index (Phi) is 2.83. The van der Waals surface area contributed by atoms with Gasteiger partial charge >= 0.3 is 0 Å². The molecule has 0 atom stereocenters. The number of hydrogen-bond donors (Lipinski definition) is 1. The third-order valence-electron chi connectivity index (χ3n) is 2.70. The van der Waals surface area contributed by atoms with E-state index >= 15 is 0 Å². The van der Waals surface area contributed by atoms with Gasteiger partial charge in [-0.15, -0.1) is 0 Å². The predicted molar refractivity (Wildman–Crippen MR) is 62.9 cm³/mol. The fraction of sp³-hybridized carbons (Fsp3) is 0.455. The lowest BCUT2D eigenvalue weighted by molar-refractivity contribution is 0.939. The van der Waals surface area contributed by atoms with E-state index in [-0.39, 0.29) is 0 Å². The van der Waals surface area contributed by atoms with Gasteiger partial charge in [-0.1, -0.05) is 6.07 Å². The van der Waals surface area contributed by atoms with Crippen molar-refractivity contribution in [3.63, 3.8) is 0 Å². The van der Waals surface area contributed by atoms with Crippen LogP contribution in [0.2, 0.25) is 0 Å². The molecule has 0 spiro atoms. The predicted octanol–water partition coefficient (Wildman–Crippen LogP) is 2.26. The van der Waals surface area contributed by atoms with Gasteiger partial charge in [0.2, 0.25) is 0 Å². The highest BCUT2D eigenvalue weighted by Gasteiger charge is 2.41. The zero-order valence-corrected chi connectivity index (χ0v) is 9.47. The third-order valence-corrected chi connectivity index (χ3v) is 4.11. The highest BCUT2D eigenvalue weighted by molar-refractivity contribution is 8.00. The number of hydrogen-bond acceptors (Lipinski definition) is 4. The van der Waals surface area contributed by atoms with Gasteiger partial charge in [0.15, 0.2) is 0 Å². The van der Waals surface area contributed by atoms with Crippen LogP contribution in [-0.2, 0) is 0 Å². The standard InChI is InChI=1S/C11H13N3S/c1-15-11(5-6-11)8-13-10-4-2-3-9(7-12)14-10/h2-4H,5-6,8H2,1H3,(H,13,14). The Balaban J connectivity index is 1.96. The first kappa shape index (κ1) is 10.3. The van der Waals surface area contributed by atoms with Crippen molar-refractivity contribution in [3.8, 4) is 6.07 Å². The Labute approximate surface area is 93.9 Å². The molecule has 1 heterocycles. The van der Waals surface area contributed by atoms with Crippen molar-refractivity contribution in [1.29, 1.82) is 5.26 Å². The minimum absolute atomic E-state index is 0.421. The highest BCUT2D eigenvalue weighted by Crippen LogP contribution is 2.46. The Morgan fingerprint density at radius 1 is 1.60 bits per heavy atom. The molecule has 0 radical (unpaired) electrons. The summed E-state index contributed by atoms with van der Waals surface area (Å²) in [7, 11) is 0. The number of nitrogens with zero attached hydrogens (tertiary/aromatic N) is 2. The first-order valence-corrected chi connectivity index (χ1v) is 6.17. The van der Waals surface area contributed by atoms with E-state index in [4.69, 9.17) is 5.26 Å². The van der Waals surface area contributed by atoms with Crippen LogP contribution in [-0.4, -0.2) is 22.5 Å². The maximum absolute atomic E-state index is 8.70. The fourth-order valence-electron chi connectivity index (χ4n) is 1.44. The van der Waals surface area contributed by atoms with E-state index in [2.05, 4.69) is 16.6 Å². The highest BCUT2D eigenvalue weighted by atomic mass is 32.2. The van der Waals surface area contributed by atoms with Crippen LogP contribution in [0.15, 0.2) is 18.2 Å². The molecule has 1 aliphatic carbocycles. The summed E-state index contributed by atoms with van der Waals surface area (Å²) in [5.41, 5.74) is 0.467. The quantitative estimate of drug-likeness (QED) is 0.844. The van der Waals surface area contributed by atoms with Gasteiger partial charge in [0.05, 0.1) is 0 Å². The van der Waals surface area contributed by atoms with Crippen LogP contribution in [0.4, 0.5) is 5.82 Å². The largest absolute Gasteiger partial charge is 0.369 e. The van der Waals surface area contributed by atoms with E-state index < -0.39 is 0 Å². The van der Waals surface area contributed by atoms with Crippen molar-refractivity contribution in [3.05, 3.63) is 23.9 Å². The van der Waals surface area contributed by atoms with Gasteiger partial charge in [-0.05, 0) is 31.2 Å². The van der Waals surface area contributed by atoms with Gasteiger partial charge in [-0.25, -0.2) is 4.98 Å². The van der Waals surface area contributed by atoms with Crippen LogP contribution in [0.1, 0.15) is 18.5 Å². The van der Waals surface area contributed by atoms with Gasteiger partial charge in [0.25, 0.3) is 0 Å². The Hall–Kier alpha value is -1.21. The molecule has 0 unspecified atom stereocenters. The second-order valence-electron chi connectivity index (χ2n) is 3.76. The minimum atomic E-state index is 0.421. The molecule has 78 valence electrons. The smallest absolute Gasteiger partial charge is 0.142 e. The van der Waals surface area contributed by atoms with Gasteiger partial charge in [-0.2, -0.15) is 17.0 Å². The Bertz CT molecular complexity index is 393. The molecule has 1 aromatic rings. The average molecular weight is 219 g/mol. The van der Waals surface area contributed by atoms with E-state index in [0.29, 0.717) is 10.4 Å². The number of nitriles is 1. The van der Waals surface area contributed by atoms with Crippen molar-refractivity contribution in [2.75, 3.05) is 18.1 Å². The molecule has 1 N–H and O–H groups in total. The molecule has 0 aliphatic heterocycles. The summed E-state index contributed by atoms with van der Waals surface area (Å²) in [6, 6.07) is 7.51.